The van der Waals surface area contributed by atoms with Crippen molar-refractivity contribution in [1.29, 1.82) is 0 Å². The summed E-state index contributed by atoms with van der Waals surface area (Å²) >= 11 is 4.86. The molecule has 29 heavy (non-hydrogen) atoms. The van der Waals surface area contributed by atoms with Gasteiger partial charge in [0.1, 0.15) is 5.75 Å². The predicted molar refractivity (Wildman–Crippen MR) is 123 cm³/mol. The van der Waals surface area contributed by atoms with Gasteiger partial charge in [-0.3, -0.25) is 9.69 Å². The average molecular weight is 475 g/mol. The molecule has 1 amide bonds. The lowest BCUT2D eigenvalue weighted by Gasteiger charge is -2.15. The minimum absolute atomic E-state index is 0.0770. The van der Waals surface area contributed by atoms with E-state index in [2.05, 4.69) is 20.9 Å². The van der Waals surface area contributed by atoms with Gasteiger partial charge < -0.3 is 9.47 Å². The number of nitrogens with zero attached hydrogens (tertiary/aromatic N) is 2. The summed E-state index contributed by atoms with van der Waals surface area (Å²) < 4.78 is 12.1. The number of halogens is 1. The van der Waals surface area contributed by atoms with Gasteiger partial charge in [-0.2, -0.15) is 0 Å². The number of thioether (sulfide) groups is 1. The van der Waals surface area contributed by atoms with E-state index in [0.717, 1.165) is 21.5 Å². The molecule has 152 valence electrons. The van der Waals surface area contributed by atoms with Crippen LogP contribution in [-0.2, 0) is 9.53 Å². The Balaban J connectivity index is 1.94. The number of carbonyl (C=O) groups excluding carboxylic acids is 1. The predicted octanol–water partition coefficient (Wildman–Crippen LogP) is 5.49. The lowest BCUT2D eigenvalue weighted by atomic mass is 10.2. The normalized spacial score (nSPS) is 16.8. The summed E-state index contributed by atoms with van der Waals surface area (Å²) in [6, 6.07) is 15.4. The minimum Gasteiger partial charge on any atom is -0.493 e. The van der Waals surface area contributed by atoms with E-state index in [1.807, 2.05) is 68.5 Å². The van der Waals surface area contributed by atoms with Crippen LogP contribution in [0.25, 0.3) is 6.08 Å². The highest BCUT2D eigenvalue weighted by Gasteiger charge is 2.33. The number of carbonyl (C=O) groups is 1. The first-order valence-electron chi connectivity index (χ1n) is 9.47. The number of aliphatic imine (C=N–C) groups is 1. The Hall–Kier alpha value is -2.09. The Morgan fingerprint density at radius 2 is 1.93 bits per heavy atom. The summed E-state index contributed by atoms with van der Waals surface area (Å²) in [7, 11) is 0. The van der Waals surface area contributed by atoms with Crippen LogP contribution >= 0.6 is 27.7 Å². The van der Waals surface area contributed by atoms with Gasteiger partial charge in [-0.05, 0) is 62.0 Å². The second-order valence-electron chi connectivity index (χ2n) is 6.11. The van der Waals surface area contributed by atoms with Gasteiger partial charge in [0.2, 0.25) is 0 Å². The molecule has 5 nitrogen and oxygen atoms in total. The van der Waals surface area contributed by atoms with E-state index in [0.29, 0.717) is 36.4 Å². The minimum atomic E-state index is -0.0770. The molecule has 0 N–H and O–H groups in total. The zero-order valence-corrected chi connectivity index (χ0v) is 18.8. The zero-order valence-electron chi connectivity index (χ0n) is 16.4. The molecule has 0 unspecified atom stereocenters. The molecular formula is C22H23BrN2O3S. The molecule has 1 fully saturated rings. The van der Waals surface area contributed by atoms with Gasteiger partial charge >= 0.3 is 0 Å². The van der Waals surface area contributed by atoms with E-state index >= 15 is 0 Å². The fourth-order valence-corrected chi connectivity index (χ4v) is 4.16. The van der Waals surface area contributed by atoms with Crippen molar-refractivity contribution in [2.75, 3.05) is 26.4 Å². The molecule has 0 spiro atoms. The summed E-state index contributed by atoms with van der Waals surface area (Å²) in [6.45, 7) is 5.96. The molecule has 1 aliphatic rings. The molecule has 3 rings (SSSR count). The van der Waals surface area contributed by atoms with Gasteiger partial charge in [0.05, 0.1) is 30.4 Å². The third-order valence-electron chi connectivity index (χ3n) is 4.09. The van der Waals surface area contributed by atoms with Crippen molar-refractivity contribution in [3.05, 3.63) is 63.5 Å². The van der Waals surface area contributed by atoms with E-state index in [-0.39, 0.29) is 5.91 Å². The molecule has 0 atom stereocenters. The molecule has 1 saturated heterocycles. The van der Waals surface area contributed by atoms with E-state index in [1.165, 1.54) is 11.8 Å². The fraction of sp³-hybridized carbons (Fsp3) is 0.273. The van der Waals surface area contributed by atoms with Crippen LogP contribution < -0.4 is 4.74 Å². The van der Waals surface area contributed by atoms with Crippen LogP contribution in [0.3, 0.4) is 0 Å². The average Bonchev–Trinajstić information content (AvgIpc) is 3.00. The lowest BCUT2D eigenvalue weighted by Crippen LogP contribution is -2.32. The third kappa shape index (κ3) is 5.72. The molecule has 0 saturated carbocycles. The van der Waals surface area contributed by atoms with Crippen LogP contribution in [-0.4, -0.2) is 42.3 Å². The number of para-hydroxylation sites is 1. The molecule has 2 aromatic rings. The number of rotatable bonds is 8. The molecule has 0 radical (unpaired) electrons. The summed E-state index contributed by atoms with van der Waals surface area (Å²) in [4.78, 5) is 20.1. The first-order valence-corrected chi connectivity index (χ1v) is 11.1. The zero-order chi connectivity index (χ0) is 20.6. The molecule has 0 aromatic heterocycles. The lowest BCUT2D eigenvalue weighted by molar-refractivity contribution is -0.122. The maximum absolute atomic E-state index is 13.1. The maximum atomic E-state index is 13.1. The van der Waals surface area contributed by atoms with E-state index in [1.54, 1.807) is 4.90 Å². The quantitative estimate of drug-likeness (QED) is 0.374. The number of ether oxygens (including phenoxy) is 2. The van der Waals surface area contributed by atoms with Crippen LogP contribution in [0, 0.1) is 0 Å². The SMILES string of the molecule is CCOCCN1C(=O)/C(=C/c2cc(Br)ccc2OCC)SC1=Nc1ccccc1. The van der Waals surface area contributed by atoms with Gasteiger partial charge in [-0.25, -0.2) is 4.99 Å². The largest absolute Gasteiger partial charge is 0.493 e. The van der Waals surface area contributed by atoms with E-state index < -0.39 is 0 Å². The Morgan fingerprint density at radius 3 is 2.66 bits per heavy atom. The van der Waals surface area contributed by atoms with Crippen LogP contribution in [0.4, 0.5) is 5.69 Å². The van der Waals surface area contributed by atoms with Crippen molar-refractivity contribution < 1.29 is 14.3 Å². The number of amides is 1. The number of benzene rings is 2. The summed E-state index contributed by atoms with van der Waals surface area (Å²) in [5.74, 6) is 0.665. The van der Waals surface area contributed by atoms with Gasteiger partial charge in [0.25, 0.3) is 5.91 Å². The van der Waals surface area contributed by atoms with Crippen molar-refractivity contribution in [3.8, 4) is 5.75 Å². The van der Waals surface area contributed by atoms with E-state index in [4.69, 9.17) is 9.47 Å². The first-order chi connectivity index (χ1) is 14.1. The molecule has 0 bridgehead atoms. The number of hydrogen-bond acceptors (Lipinski definition) is 5. The third-order valence-corrected chi connectivity index (χ3v) is 5.59. The second-order valence-corrected chi connectivity index (χ2v) is 8.03. The van der Waals surface area contributed by atoms with Crippen LogP contribution in [0.5, 0.6) is 5.75 Å². The Kier molecular flexibility index (Phi) is 7.91. The molecular weight excluding hydrogens is 452 g/mol. The molecule has 7 heteroatoms. The van der Waals surface area contributed by atoms with Crippen molar-refractivity contribution in [2.45, 2.75) is 13.8 Å². The van der Waals surface area contributed by atoms with Crippen LogP contribution in [0.15, 0.2) is 62.9 Å². The summed E-state index contributed by atoms with van der Waals surface area (Å²) in [5.41, 5.74) is 1.66. The van der Waals surface area contributed by atoms with Crippen molar-refractivity contribution in [2.24, 2.45) is 4.99 Å². The van der Waals surface area contributed by atoms with Crippen LogP contribution in [0.2, 0.25) is 0 Å². The maximum Gasteiger partial charge on any atom is 0.266 e. The van der Waals surface area contributed by atoms with Gasteiger partial charge in [0.15, 0.2) is 5.17 Å². The van der Waals surface area contributed by atoms with Crippen LogP contribution in [0.1, 0.15) is 19.4 Å². The standard InChI is InChI=1S/C22H23BrN2O3S/c1-3-27-13-12-25-21(26)20(29-22(25)24-18-8-6-5-7-9-18)15-16-14-17(23)10-11-19(16)28-4-2/h5-11,14-15H,3-4,12-13H2,1-2H3/b20-15-,24-22?. The Labute approximate surface area is 183 Å². The van der Waals surface area contributed by atoms with Crippen molar-refractivity contribution in [1.82, 2.24) is 4.90 Å². The summed E-state index contributed by atoms with van der Waals surface area (Å²) in [5, 5.41) is 0.653. The van der Waals surface area contributed by atoms with Crippen molar-refractivity contribution >= 4 is 50.5 Å². The van der Waals surface area contributed by atoms with Gasteiger partial charge in [0, 0.05) is 16.6 Å². The van der Waals surface area contributed by atoms with Gasteiger partial charge in [-0.15, -0.1) is 0 Å². The van der Waals surface area contributed by atoms with E-state index in [9.17, 15) is 4.79 Å². The highest BCUT2D eigenvalue weighted by molar-refractivity contribution is 9.10. The molecule has 0 aliphatic carbocycles. The fourth-order valence-electron chi connectivity index (χ4n) is 2.76. The smallest absolute Gasteiger partial charge is 0.266 e. The topological polar surface area (TPSA) is 51.1 Å². The molecule has 2 aromatic carbocycles. The van der Waals surface area contributed by atoms with Crippen molar-refractivity contribution in [3.63, 3.8) is 0 Å². The second kappa shape index (κ2) is 10.6. The Bertz CT molecular complexity index is 916. The highest BCUT2D eigenvalue weighted by atomic mass is 79.9. The first kappa shape index (κ1) is 21.6. The highest BCUT2D eigenvalue weighted by Crippen LogP contribution is 2.36. The van der Waals surface area contributed by atoms with Gasteiger partial charge in [-0.1, -0.05) is 34.1 Å². The monoisotopic (exact) mass is 474 g/mol. The molecule has 1 aliphatic heterocycles. The molecule has 1 heterocycles. The number of amidine groups is 1. The summed E-state index contributed by atoms with van der Waals surface area (Å²) in [6.07, 6.45) is 1.87. The Morgan fingerprint density at radius 1 is 1.14 bits per heavy atom. The number of hydrogen-bond donors (Lipinski definition) is 0.